The zero-order valence-electron chi connectivity index (χ0n) is 11.3. The predicted octanol–water partition coefficient (Wildman–Crippen LogP) is 3.11. The molecule has 104 valence electrons. The second-order valence-corrected chi connectivity index (χ2v) is 6.11. The zero-order valence-corrected chi connectivity index (χ0v) is 12.2. The number of carbonyl (C=O) groups excluding carboxylic acids is 1. The Kier molecular flexibility index (Phi) is 3.74. The molecular formula is C16H17NO2S. The SMILES string of the molecule is Cc1ccc(OCC(=O)NC2CC2c2cccs2)cc1. The summed E-state index contributed by atoms with van der Waals surface area (Å²) in [7, 11) is 0. The van der Waals surface area contributed by atoms with Crippen LogP contribution in [-0.4, -0.2) is 18.6 Å². The molecule has 1 aromatic heterocycles. The number of benzene rings is 1. The van der Waals surface area contributed by atoms with Gasteiger partial charge in [-0.1, -0.05) is 23.8 Å². The number of ether oxygens (including phenoxy) is 1. The van der Waals surface area contributed by atoms with Gasteiger partial charge in [0.1, 0.15) is 5.75 Å². The van der Waals surface area contributed by atoms with Crippen molar-refractivity contribution in [1.82, 2.24) is 5.32 Å². The van der Waals surface area contributed by atoms with Gasteiger partial charge in [-0.25, -0.2) is 0 Å². The first-order valence-electron chi connectivity index (χ1n) is 6.74. The van der Waals surface area contributed by atoms with E-state index < -0.39 is 0 Å². The van der Waals surface area contributed by atoms with Crippen LogP contribution in [0.25, 0.3) is 0 Å². The lowest BCUT2D eigenvalue weighted by atomic mass is 10.2. The number of hydrogen-bond donors (Lipinski definition) is 1. The highest BCUT2D eigenvalue weighted by atomic mass is 32.1. The van der Waals surface area contributed by atoms with E-state index in [1.54, 1.807) is 11.3 Å². The van der Waals surface area contributed by atoms with Crippen molar-refractivity contribution in [3.8, 4) is 5.75 Å². The Hall–Kier alpha value is -1.81. The Labute approximate surface area is 122 Å². The van der Waals surface area contributed by atoms with Gasteiger partial charge in [0.25, 0.3) is 5.91 Å². The van der Waals surface area contributed by atoms with E-state index in [0.717, 1.165) is 12.2 Å². The van der Waals surface area contributed by atoms with Crippen molar-refractivity contribution >= 4 is 17.2 Å². The van der Waals surface area contributed by atoms with Crippen LogP contribution in [0.2, 0.25) is 0 Å². The van der Waals surface area contributed by atoms with Crippen molar-refractivity contribution in [2.24, 2.45) is 0 Å². The summed E-state index contributed by atoms with van der Waals surface area (Å²) < 4.78 is 5.47. The lowest BCUT2D eigenvalue weighted by molar-refractivity contribution is -0.123. The second-order valence-electron chi connectivity index (χ2n) is 5.13. The third-order valence-corrected chi connectivity index (χ3v) is 4.44. The van der Waals surface area contributed by atoms with Crippen LogP contribution >= 0.6 is 11.3 Å². The minimum Gasteiger partial charge on any atom is -0.484 e. The number of aryl methyl sites for hydroxylation is 1. The lowest BCUT2D eigenvalue weighted by Crippen LogP contribution is -2.31. The number of thiophene rings is 1. The fourth-order valence-corrected chi connectivity index (χ4v) is 3.11. The molecular weight excluding hydrogens is 270 g/mol. The third-order valence-electron chi connectivity index (χ3n) is 3.44. The highest BCUT2D eigenvalue weighted by Crippen LogP contribution is 2.42. The Morgan fingerprint density at radius 2 is 2.15 bits per heavy atom. The van der Waals surface area contributed by atoms with Crippen molar-refractivity contribution < 1.29 is 9.53 Å². The molecule has 1 aliphatic rings. The van der Waals surface area contributed by atoms with Gasteiger partial charge in [-0.05, 0) is 36.9 Å². The Morgan fingerprint density at radius 1 is 1.35 bits per heavy atom. The van der Waals surface area contributed by atoms with E-state index in [9.17, 15) is 4.79 Å². The Balaban J connectivity index is 1.43. The summed E-state index contributed by atoms with van der Waals surface area (Å²) in [5.74, 6) is 1.18. The standard InChI is InChI=1S/C16H17NO2S/c1-11-4-6-12(7-5-11)19-10-16(18)17-14-9-13(14)15-3-2-8-20-15/h2-8,13-14H,9-10H2,1H3,(H,17,18). The van der Waals surface area contributed by atoms with Crippen LogP contribution in [-0.2, 0) is 4.79 Å². The molecule has 3 nitrogen and oxygen atoms in total. The van der Waals surface area contributed by atoms with Crippen LogP contribution in [0.1, 0.15) is 22.8 Å². The van der Waals surface area contributed by atoms with Crippen LogP contribution in [0.4, 0.5) is 0 Å². The molecule has 20 heavy (non-hydrogen) atoms. The van der Waals surface area contributed by atoms with Gasteiger partial charge in [0.05, 0.1) is 0 Å². The summed E-state index contributed by atoms with van der Waals surface area (Å²) in [5.41, 5.74) is 1.18. The molecule has 1 heterocycles. The fraction of sp³-hybridized carbons (Fsp3) is 0.312. The van der Waals surface area contributed by atoms with E-state index >= 15 is 0 Å². The first-order valence-corrected chi connectivity index (χ1v) is 7.62. The van der Waals surface area contributed by atoms with Gasteiger partial charge in [0, 0.05) is 16.8 Å². The smallest absolute Gasteiger partial charge is 0.258 e. The maximum atomic E-state index is 11.8. The van der Waals surface area contributed by atoms with Crippen molar-refractivity contribution in [3.05, 3.63) is 52.2 Å². The summed E-state index contributed by atoms with van der Waals surface area (Å²) in [5, 5.41) is 5.09. The van der Waals surface area contributed by atoms with Crippen LogP contribution < -0.4 is 10.1 Å². The maximum Gasteiger partial charge on any atom is 0.258 e. The molecule has 0 spiro atoms. The predicted molar refractivity (Wildman–Crippen MR) is 80.3 cm³/mol. The summed E-state index contributed by atoms with van der Waals surface area (Å²) in [6.07, 6.45) is 1.04. The molecule has 1 fully saturated rings. The van der Waals surface area contributed by atoms with E-state index in [1.165, 1.54) is 10.4 Å². The number of hydrogen-bond acceptors (Lipinski definition) is 3. The molecule has 0 aliphatic heterocycles. The van der Waals surface area contributed by atoms with E-state index in [2.05, 4.69) is 22.8 Å². The van der Waals surface area contributed by atoms with E-state index in [0.29, 0.717) is 5.92 Å². The second kappa shape index (κ2) is 5.67. The van der Waals surface area contributed by atoms with Crippen molar-refractivity contribution in [2.45, 2.75) is 25.3 Å². The van der Waals surface area contributed by atoms with Crippen LogP contribution in [0.5, 0.6) is 5.75 Å². The minimum atomic E-state index is -0.0466. The molecule has 2 unspecified atom stereocenters. The average Bonchev–Trinajstić information content (AvgIpc) is 3.00. The van der Waals surface area contributed by atoms with Gasteiger partial charge in [-0.2, -0.15) is 0 Å². The number of carbonyl (C=O) groups is 1. The lowest BCUT2D eigenvalue weighted by Gasteiger charge is -2.07. The summed E-state index contributed by atoms with van der Waals surface area (Å²) >= 11 is 1.75. The van der Waals surface area contributed by atoms with Gasteiger partial charge < -0.3 is 10.1 Å². The van der Waals surface area contributed by atoms with E-state index in [4.69, 9.17) is 4.74 Å². The third kappa shape index (κ3) is 3.20. The van der Waals surface area contributed by atoms with Gasteiger partial charge in [-0.3, -0.25) is 4.79 Å². The topological polar surface area (TPSA) is 38.3 Å². The molecule has 1 aliphatic carbocycles. The summed E-state index contributed by atoms with van der Waals surface area (Å²) in [6.45, 7) is 2.10. The molecule has 0 saturated heterocycles. The normalized spacial score (nSPS) is 20.4. The minimum absolute atomic E-state index is 0.0466. The van der Waals surface area contributed by atoms with Gasteiger partial charge in [0.2, 0.25) is 0 Å². The van der Waals surface area contributed by atoms with Crippen LogP contribution in [0.3, 0.4) is 0 Å². The molecule has 2 atom stereocenters. The monoisotopic (exact) mass is 287 g/mol. The Morgan fingerprint density at radius 3 is 2.85 bits per heavy atom. The molecule has 3 rings (SSSR count). The number of amides is 1. The summed E-state index contributed by atoms with van der Waals surface area (Å²) in [6, 6.07) is 12.2. The first kappa shape index (κ1) is 13.2. The molecule has 1 saturated carbocycles. The number of rotatable bonds is 5. The fourth-order valence-electron chi connectivity index (χ4n) is 2.20. The van der Waals surface area contributed by atoms with Gasteiger partial charge >= 0.3 is 0 Å². The molecule has 4 heteroatoms. The quantitative estimate of drug-likeness (QED) is 0.917. The Bertz CT molecular complexity index is 577. The molecule has 1 aromatic carbocycles. The molecule has 1 N–H and O–H groups in total. The van der Waals surface area contributed by atoms with E-state index in [-0.39, 0.29) is 18.6 Å². The van der Waals surface area contributed by atoms with Crippen molar-refractivity contribution in [1.29, 1.82) is 0 Å². The summed E-state index contributed by atoms with van der Waals surface area (Å²) in [4.78, 5) is 13.2. The zero-order chi connectivity index (χ0) is 13.9. The average molecular weight is 287 g/mol. The van der Waals surface area contributed by atoms with E-state index in [1.807, 2.05) is 31.2 Å². The molecule has 2 aromatic rings. The molecule has 1 amide bonds. The van der Waals surface area contributed by atoms with Gasteiger partial charge in [-0.15, -0.1) is 11.3 Å². The highest BCUT2D eigenvalue weighted by Gasteiger charge is 2.40. The maximum absolute atomic E-state index is 11.8. The largest absolute Gasteiger partial charge is 0.484 e. The number of nitrogens with one attached hydrogen (secondary N) is 1. The molecule has 0 radical (unpaired) electrons. The van der Waals surface area contributed by atoms with Crippen molar-refractivity contribution in [2.75, 3.05) is 6.61 Å². The van der Waals surface area contributed by atoms with Gasteiger partial charge in [0.15, 0.2) is 6.61 Å². The van der Waals surface area contributed by atoms with Crippen LogP contribution in [0.15, 0.2) is 41.8 Å². The molecule has 0 bridgehead atoms. The first-order chi connectivity index (χ1) is 9.72. The van der Waals surface area contributed by atoms with Crippen molar-refractivity contribution in [3.63, 3.8) is 0 Å². The highest BCUT2D eigenvalue weighted by molar-refractivity contribution is 7.10. The van der Waals surface area contributed by atoms with Crippen LogP contribution in [0, 0.1) is 6.92 Å².